The van der Waals surface area contributed by atoms with Crippen LogP contribution in [0.4, 0.5) is 5.69 Å². The third kappa shape index (κ3) is 4.32. The van der Waals surface area contributed by atoms with Gasteiger partial charge < -0.3 is 9.47 Å². The maximum atomic E-state index is 12.9. The number of sulfonamides is 1. The molecule has 0 radical (unpaired) electrons. The van der Waals surface area contributed by atoms with E-state index in [1.54, 1.807) is 30.5 Å². The smallest absolute Gasteiger partial charge is 0.265 e. The van der Waals surface area contributed by atoms with E-state index in [9.17, 15) is 8.42 Å². The maximum absolute atomic E-state index is 12.9. The zero-order valence-electron chi connectivity index (χ0n) is 14.6. The molecule has 1 N–H and O–H groups in total. The summed E-state index contributed by atoms with van der Waals surface area (Å²) < 4.78 is 38.5. The van der Waals surface area contributed by atoms with Crippen LogP contribution in [0.1, 0.15) is 0 Å². The van der Waals surface area contributed by atoms with E-state index in [0.717, 1.165) is 11.1 Å². The first-order chi connectivity index (χ1) is 12.9. The van der Waals surface area contributed by atoms with Crippen LogP contribution in [0.25, 0.3) is 11.1 Å². The number of rotatable bonds is 6. The van der Waals surface area contributed by atoms with Gasteiger partial charge >= 0.3 is 0 Å². The molecule has 140 valence electrons. The Kier molecular flexibility index (Phi) is 5.53. The number of pyridine rings is 1. The fourth-order valence-electron chi connectivity index (χ4n) is 2.53. The molecule has 0 spiro atoms. The van der Waals surface area contributed by atoms with Crippen LogP contribution in [0.2, 0.25) is 5.02 Å². The van der Waals surface area contributed by atoms with Crippen LogP contribution in [0, 0.1) is 0 Å². The highest BCUT2D eigenvalue weighted by molar-refractivity contribution is 7.92. The first-order valence-electron chi connectivity index (χ1n) is 7.89. The average molecular weight is 405 g/mol. The van der Waals surface area contributed by atoms with Gasteiger partial charge in [0.1, 0.15) is 16.4 Å². The molecule has 0 atom stereocenters. The predicted molar refractivity (Wildman–Crippen MR) is 105 cm³/mol. The molecule has 27 heavy (non-hydrogen) atoms. The van der Waals surface area contributed by atoms with Crippen molar-refractivity contribution in [3.63, 3.8) is 0 Å². The number of aromatic nitrogens is 1. The Balaban J connectivity index is 1.96. The van der Waals surface area contributed by atoms with Gasteiger partial charge in [0.15, 0.2) is 0 Å². The predicted octanol–water partition coefficient (Wildman–Crippen LogP) is 4.22. The Labute approximate surface area is 162 Å². The van der Waals surface area contributed by atoms with Gasteiger partial charge in [-0.15, -0.1) is 0 Å². The number of benzene rings is 2. The summed E-state index contributed by atoms with van der Waals surface area (Å²) in [6.07, 6.45) is 3.06. The summed E-state index contributed by atoms with van der Waals surface area (Å²) in [6, 6.07) is 13.5. The number of halogens is 1. The van der Waals surface area contributed by atoms with Crippen molar-refractivity contribution in [2.45, 2.75) is 4.90 Å². The van der Waals surface area contributed by atoms with E-state index in [-0.39, 0.29) is 10.6 Å². The molecule has 8 heteroatoms. The van der Waals surface area contributed by atoms with E-state index in [2.05, 4.69) is 9.71 Å². The molecule has 6 nitrogen and oxygen atoms in total. The van der Waals surface area contributed by atoms with E-state index in [4.69, 9.17) is 21.1 Å². The lowest BCUT2D eigenvalue weighted by Gasteiger charge is -2.13. The Morgan fingerprint density at radius 1 is 0.963 bits per heavy atom. The van der Waals surface area contributed by atoms with Crippen LogP contribution in [-0.4, -0.2) is 27.6 Å². The van der Waals surface area contributed by atoms with Crippen LogP contribution in [0.5, 0.6) is 11.5 Å². The van der Waals surface area contributed by atoms with Crippen LogP contribution in [-0.2, 0) is 10.0 Å². The molecule has 0 saturated carbocycles. The second-order valence-corrected chi connectivity index (χ2v) is 7.68. The summed E-state index contributed by atoms with van der Waals surface area (Å²) in [5.74, 6) is 0.615. The van der Waals surface area contributed by atoms with E-state index in [1.165, 1.54) is 32.5 Å². The summed E-state index contributed by atoms with van der Waals surface area (Å²) in [7, 11) is -1.05. The van der Waals surface area contributed by atoms with Gasteiger partial charge in [-0.05, 0) is 35.9 Å². The summed E-state index contributed by atoms with van der Waals surface area (Å²) in [5, 5.41) is 0.583. The van der Waals surface area contributed by atoms with Crippen LogP contribution >= 0.6 is 11.6 Å². The van der Waals surface area contributed by atoms with E-state index >= 15 is 0 Å². The normalized spacial score (nSPS) is 11.1. The molecule has 1 aromatic heterocycles. The molecule has 2 aromatic carbocycles. The lowest BCUT2D eigenvalue weighted by molar-refractivity contribution is 0.392. The first-order valence-corrected chi connectivity index (χ1v) is 9.75. The highest BCUT2D eigenvalue weighted by Gasteiger charge is 2.21. The highest BCUT2D eigenvalue weighted by Crippen LogP contribution is 2.30. The van der Waals surface area contributed by atoms with Crippen LogP contribution in [0.15, 0.2) is 65.8 Å². The highest BCUT2D eigenvalue weighted by atomic mass is 35.5. The summed E-state index contributed by atoms with van der Waals surface area (Å²) >= 11 is 6.03. The standard InChI is InChI=1S/C19H17ClN2O4S/c1-25-17-6-7-18(26-2)19(10-17)27(23,24)22-16-9-14(11-21-12-16)13-4-3-5-15(20)8-13/h3-12,22H,1-2H3. The molecule has 3 rings (SSSR count). The Morgan fingerprint density at radius 3 is 2.48 bits per heavy atom. The number of ether oxygens (including phenoxy) is 2. The second-order valence-electron chi connectivity index (χ2n) is 5.59. The number of nitrogens with one attached hydrogen (secondary N) is 1. The molecule has 3 aromatic rings. The number of hydrogen-bond donors (Lipinski definition) is 1. The minimum Gasteiger partial charge on any atom is -0.497 e. The summed E-state index contributed by atoms with van der Waals surface area (Å²) in [4.78, 5) is 4.09. The molecule has 0 aliphatic heterocycles. The average Bonchev–Trinajstić information content (AvgIpc) is 2.67. The van der Waals surface area contributed by atoms with Gasteiger partial charge in [-0.25, -0.2) is 8.42 Å². The summed E-state index contributed by atoms with van der Waals surface area (Å²) in [5.41, 5.74) is 1.88. The number of methoxy groups -OCH3 is 2. The van der Waals surface area contributed by atoms with Gasteiger partial charge in [0.2, 0.25) is 0 Å². The third-order valence-corrected chi connectivity index (χ3v) is 5.45. The second kappa shape index (κ2) is 7.85. The monoisotopic (exact) mass is 404 g/mol. The van der Waals surface area contributed by atoms with Crippen molar-refractivity contribution >= 4 is 27.3 Å². The fourth-order valence-corrected chi connectivity index (χ4v) is 3.94. The fraction of sp³-hybridized carbons (Fsp3) is 0.105. The molecule has 0 amide bonds. The number of nitrogens with zero attached hydrogens (tertiary/aromatic N) is 1. The molecule has 0 aliphatic rings. The van der Waals surface area contributed by atoms with Gasteiger partial charge in [-0.3, -0.25) is 9.71 Å². The summed E-state index contributed by atoms with van der Waals surface area (Å²) in [6.45, 7) is 0. The SMILES string of the molecule is COc1ccc(OC)c(S(=O)(=O)Nc2cncc(-c3cccc(Cl)c3)c2)c1. The Bertz CT molecular complexity index is 1070. The molecular weight excluding hydrogens is 388 g/mol. The molecule has 0 saturated heterocycles. The molecule has 0 bridgehead atoms. The first kappa shape index (κ1) is 19.0. The molecule has 1 heterocycles. The van der Waals surface area contributed by atoms with Crippen molar-refractivity contribution in [2.75, 3.05) is 18.9 Å². The van der Waals surface area contributed by atoms with Gasteiger partial charge in [-0.1, -0.05) is 23.7 Å². The zero-order valence-corrected chi connectivity index (χ0v) is 16.2. The number of hydrogen-bond acceptors (Lipinski definition) is 5. The Hall–Kier alpha value is -2.77. The van der Waals surface area contributed by atoms with Crippen molar-refractivity contribution in [1.82, 2.24) is 4.98 Å². The van der Waals surface area contributed by atoms with Crippen molar-refractivity contribution in [3.05, 3.63) is 65.9 Å². The zero-order chi connectivity index (χ0) is 19.4. The third-order valence-electron chi connectivity index (χ3n) is 3.81. The van der Waals surface area contributed by atoms with Gasteiger partial charge in [0.05, 0.1) is 26.1 Å². The van der Waals surface area contributed by atoms with Crippen molar-refractivity contribution in [1.29, 1.82) is 0 Å². The van der Waals surface area contributed by atoms with Gasteiger partial charge in [0.25, 0.3) is 10.0 Å². The lowest BCUT2D eigenvalue weighted by Crippen LogP contribution is -2.14. The van der Waals surface area contributed by atoms with E-state index in [0.29, 0.717) is 16.5 Å². The quantitative estimate of drug-likeness (QED) is 0.665. The van der Waals surface area contributed by atoms with Crippen molar-refractivity contribution in [3.8, 4) is 22.6 Å². The Morgan fingerprint density at radius 2 is 1.78 bits per heavy atom. The topological polar surface area (TPSA) is 77.5 Å². The van der Waals surface area contributed by atoms with Crippen molar-refractivity contribution < 1.29 is 17.9 Å². The lowest BCUT2D eigenvalue weighted by atomic mass is 10.1. The van der Waals surface area contributed by atoms with Gasteiger partial charge in [-0.2, -0.15) is 0 Å². The van der Waals surface area contributed by atoms with Crippen molar-refractivity contribution in [2.24, 2.45) is 0 Å². The van der Waals surface area contributed by atoms with Gasteiger partial charge in [0, 0.05) is 22.8 Å². The molecule has 0 fully saturated rings. The van der Waals surface area contributed by atoms with Crippen LogP contribution in [0.3, 0.4) is 0 Å². The molecule has 0 unspecified atom stereocenters. The van der Waals surface area contributed by atoms with E-state index in [1.807, 2.05) is 12.1 Å². The molecule has 0 aliphatic carbocycles. The minimum absolute atomic E-state index is 0.0301. The number of anilines is 1. The van der Waals surface area contributed by atoms with E-state index < -0.39 is 10.0 Å². The van der Waals surface area contributed by atoms with Crippen LogP contribution < -0.4 is 14.2 Å². The largest absolute Gasteiger partial charge is 0.497 e. The molecular formula is C19H17ClN2O4S. The minimum atomic E-state index is -3.92. The maximum Gasteiger partial charge on any atom is 0.265 e.